The number of hydrogen-bond donors (Lipinski definition) is 1. The number of nitrogens with zero attached hydrogens (tertiary/aromatic N) is 5. The van der Waals surface area contributed by atoms with E-state index in [1.165, 1.54) is 12.5 Å². The molecule has 0 unspecified atom stereocenters. The van der Waals surface area contributed by atoms with Crippen molar-refractivity contribution in [1.82, 2.24) is 25.0 Å². The average molecular weight is 513 g/mol. The normalized spacial score (nSPS) is 12.3. The topological polar surface area (TPSA) is 119 Å². The minimum Gasteiger partial charge on any atom is -0.490 e. The van der Waals surface area contributed by atoms with Crippen LogP contribution in [-0.2, 0) is 18.9 Å². The van der Waals surface area contributed by atoms with Crippen molar-refractivity contribution in [2.75, 3.05) is 0 Å². The van der Waals surface area contributed by atoms with Gasteiger partial charge in [-0.3, -0.25) is 4.79 Å². The summed E-state index contributed by atoms with van der Waals surface area (Å²) in [6, 6.07) is 14.4. The van der Waals surface area contributed by atoms with Crippen LogP contribution in [0, 0.1) is 11.3 Å². The molecule has 9 nitrogen and oxygen atoms in total. The number of aryl methyl sites for hydroxylation is 1. The highest BCUT2D eigenvalue weighted by atomic mass is 16.5. The van der Waals surface area contributed by atoms with Crippen LogP contribution in [0.5, 0.6) is 5.75 Å². The Bertz CT molecular complexity index is 1440. The third kappa shape index (κ3) is 6.09. The molecular formula is C29H32N6O3. The number of benzene rings is 2. The lowest BCUT2D eigenvalue weighted by atomic mass is 9.96. The predicted octanol–water partition coefficient (Wildman–Crippen LogP) is 5.14. The van der Waals surface area contributed by atoms with E-state index in [9.17, 15) is 10.1 Å². The number of nitriles is 1. The Balaban J connectivity index is 1.53. The lowest BCUT2D eigenvalue weighted by Crippen LogP contribution is -2.30. The van der Waals surface area contributed by atoms with Crippen LogP contribution in [0.15, 0.2) is 59.6 Å². The SMILES string of the molecule is CC(C)Oc1ccc(C(=O)N[C@@H](Cc2ccc(-c3cn(C)c(C(C)(C)C)n3)cc2)c2ncon2)cc1C#N. The number of amides is 1. The summed E-state index contributed by atoms with van der Waals surface area (Å²) in [6.45, 7) is 10.2. The molecule has 0 bridgehead atoms. The van der Waals surface area contributed by atoms with E-state index in [1.807, 2.05) is 51.4 Å². The summed E-state index contributed by atoms with van der Waals surface area (Å²) < 4.78 is 12.7. The Morgan fingerprint density at radius 1 is 1.18 bits per heavy atom. The molecule has 4 rings (SSSR count). The maximum atomic E-state index is 13.1. The Morgan fingerprint density at radius 3 is 2.50 bits per heavy atom. The van der Waals surface area contributed by atoms with Crippen molar-refractivity contribution < 1.29 is 14.1 Å². The van der Waals surface area contributed by atoms with Crippen molar-refractivity contribution in [2.45, 2.75) is 58.6 Å². The molecule has 2 aromatic carbocycles. The quantitative estimate of drug-likeness (QED) is 0.347. The highest BCUT2D eigenvalue weighted by Crippen LogP contribution is 2.27. The van der Waals surface area contributed by atoms with Gasteiger partial charge in [-0.1, -0.05) is 50.2 Å². The predicted molar refractivity (Wildman–Crippen MR) is 142 cm³/mol. The molecule has 0 fully saturated rings. The second kappa shape index (κ2) is 10.9. The van der Waals surface area contributed by atoms with Crippen molar-refractivity contribution in [3.63, 3.8) is 0 Å². The van der Waals surface area contributed by atoms with Gasteiger partial charge in [0.25, 0.3) is 5.91 Å². The van der Waals surface area contributed by atoms with Crippen molar-refractivity contribution in [3.8, 4) is 23.1 Å². The smallest absolute Gasteiger partial charge is 0.251 e. The fraction of sp³-hybridized carbons (Fsp3) is 0.345. The minimum absolute atomic E-state index is 0.0568. The molecule has 0 saturated heterocycles. The molecule has 4 aromatic rings. The molecule has 0 aliphatic heterocycles. The van der Waals surface area contributed by atoms with Gasteiger partial charge in [0, 0.05) is 36.2 Å². The van der Waals surface area contributed by atoms with Crippen molar-refractivity contribution in [1.29, 1.82) is 5.26 Å². The van der Waals surface area contributed by atoms with Crippen molar-refractivity contribution >= 4 is 5.91 Å². The second-order valence-corrected chi connectivity index (χ2v) is 10.5. The molecule has 0 radical (unpaired) electrons. The number of hydrogen-bond acceptors (Lipinski definition) is 7. The highest BCUT2D eigenvalue weighted by molar-refractivity contribution is 5.95. The first kappa shape index (κ1) is 26.6. The largest absolute Gasteiger partial charge is 0.490 e. The maximum Gasteiger partial charge on any atom is 0.251 e. The lowest BCUT2D eigenvalue weighted by Gasteiger charge is -2.17. The van der Waals surface area contributed by atoms with Gasteiger partial charge in [0.05, 0.1) is 23.4 Å². The standard InChI is InChI=1S/C29H32N6O3/c1-18(2)38-25-12-11-21(14-22(25)15-30)27(36)32-23(26-31-17-37-34-26)13-19-7-9-20(10-8-19)24-16-35(6)28(33-24)29(3,4)5/h7-12,14,16-18,23H,13H2,1-6H3,(H,32,36)/t23-/m0/s1. The molecule has 1 atom stereocenters. The zero-order chi connectivity index (χ0) is 27.4. The number of carbonyl (C=O) groups excluding carboxylic acids is 1. The van der Waals surface area contributed by atoms with Crippen LogP contribution < -0.4 is 10.1 Å². The summed E-state index contributed by atoms with van der Waals surface area (Å²) >= 11 is 0. The van der Waals surface area contributed by atoms with Gasteiger partial charge in [0.15, 0.2) is 5.82 Å². The molecule has 0 aliphatic carbocycles. The van der Waals surface area contributed by atoms with Gasteiger partial charge in [0.2, 0.25) is 6.39 Å². The summed E-state index contributed by atoms with van der Waals surface area (Å²) in [5.41, 5.74) is 3.47. The summed E-state index contributed by atoms with van der Waals surface area (Å²) in [5.74, 6) is 1.46. The third-order valence-electron chi connectivity index (χ3n) is 5.96. The number of ether oxygens (including phenoxy) is 1. The van der Waals surface area contributed by atoms with Crippen LogP contribution in [-0.4, -0.2) is 31.7 Å². The fourth-order valence-electron chi connectivity index (χ4n) is 4.25. The van der Waals surface area contributed by atoms with Gasteiger partial charge in [-0.15, -0.1) is 0 Å². The van der Waals surface area contributed by atoms with Crippen LogP contribution in [0.25, 0.3) is 11.3 Å². The van der Waals surface area contributed by atoms with Gasteiger partial charge in [0.1, 0.15) is 17.6 Å². The van der Waals surface area contributed by atoms with Gasteiger partial charge in [-0.05, 0) is 37.6 Å². The molecule has 0 spiro atoms. The molecular weight excluding hydrogens is 480 g/mol. The summed E-state index contributed by atoms with van der Waals surface area (Å²) in [7, 11) is 2.01. The number of imidazole rings is 1. The summed E-state index contributed by atoms with van der Waals surface area (Å²) in [5, 5.41) is 16.5. The summed E-state index contributed by atoms with van der Waals surface area (Å²) in [6.07, 6.45) is 3.62. The van der Waals surface area contributed by atoms with Crippen LogP contribution in [0.2, 0.25) is 0 Å². The highest BCUT2D eigenvalue weighted by Gasteiger charge is 2.23. The zero-order valence-corrected chi connectivity index (χ0v) is 22.5. The molecule has 2 heterocycles. The van der Waals surface area contributed by atoms with E-state index in [2.05, 4.69) is 46.9 Å². The van der Waals surface area contributed by atoms with E-state index in [-0.39, 0.29) is 17.4 Å². The molecule has 0 saturated carbocycles. The fourth-order valence-corrected chi connectivity index (χ4v) is 4.25. The Morgan fingerprint density at radius 2 is 1.92 bits per heavy atom. The molecule has 196 valence electrons. The lowest BCUT2D eigenvalue weighted by molar-refractivity contribution is 0.0934. The molecule has 1 amide bonds. The van der Waals surface area contributed by atoms with E-state index in [0.29, 0.717) is 29.1 Å². The number of nitrogens with one attached hydrogen (secondary N) is 1. The third-order valence-corrected chi connectivity index (χ3v) is 5.96. The maximum absolute atomic E-state index is 13.1. The van der Waals surface area contributed by atoms with Gasteiger partial charge < -0.3 is 19.1 Å². The number of rotatable bonds is 8. The van der Waals surface area contributed by atoms with E-state index < -0.39 is 6.04 Å². The first-order chi connectivity index (χ1) is 18.0. The van der Waals surface area contributed by atoms with Crippen LogP contribution in [0.1, 0.15) is 73.8 Å². The monoisotopic (exact) mass is 512 g/mol. The van der Waals surface area contributed by atoms with E-state index in [1.54, 1.807) is 12.1 Å². The van der Waals surface area contributed by atoms with Gasteiger partial charge >= 0.3 is 0 Å². The van der Waals surface area contributed by atoms with Crippen LogP contribution in [0.4, 0.5) is 0 Å². The van der Waals surface area contributed by atoms with Crippen LogP contribution in [0.3, 0.4) is 0 Å². The number of aromatic nitrogens is 4. The first-order valence-electron chi connectivity index (χ1n) is 12.5. The summed E-state index contributed by atoms with van der Waals surface area (Å²) in [4.78, 5) is 22.1. The average Bonchev–Trinajstić information content (AvgIpc) is 3.54. The minimum atomic E-state index is -0.536. The van der Waals surface area contributed by atoms with E-state index >= 15 is 0 Å². The van der Waals surface area contributed by atoms with Gasteiger partial charge in [-0.25, -0.2) is 4.98 Å². The zero-order valence-electron chi connectivity index (χ0n) is 22.5. The molecule has 0 aliphatic rings. The molecule has 2 aromatic heterocycles. The van der Waals surface area contributed by atoms with E-state index in [4.69, 9.17) is 14.2 Å². The van der Waals surface area contributed by atoms with Crippen molar-refractivity contribution in [2.24, 2.45) is 7.05 Å². The van der Waals surface area contributed by atoms with E-state index in [0.717, 1.165) is 22.6 Å². The van der Waals surface area contributed by atoms with Crippen molar-refractivity contribution in [3.05, 3.63) is 83.4 Å². The first-order valence-corrected chi connectivity index (χ1v) is 12.5. The van der Waals surface area contributed by atoms with Crippen LogP contribution >= 0.6 is 0 Å². The van der Waals surface area contributed by atoms with Gasteiger partial charge in [-0.2, -0.15) is 10.2 Å². The molecule has 9 heteroatoms. The Labute approximate surface area is 222 Å². The number of carbonyl (C=O) groups is 1. The Hall–Kier alpha value is -4.45. The molecule has 1 N–H and O–H groups in total. The Kier molecular flexibility index (Phi) is 7.62. The second-order valence-electron chi connectivity index (χ2n) is 10.5. The molecule has 38 heavy (non-hydrogen) atoms.